The highest BCUT2D eigenvalue weighted by Gasteiger charge is 2.15. The predicted octanol–water partition coefficient (Wildman–Crippen LogP) is 2.73. The first-order valence-electron chi connectivity index (χ1n) is 5.87. The molecular weight excluding hydrogens is 200 g/mol. The maximum atomic E-state index is 11.8. The Morgan fingerprint density at radius 3 is 2.69 bits per heavy atom. The van der Waals surface area contributed by atoms with Gasteiger partial charge in [-0.2, -0.15) is 0 Å². The molecule has 16 heavy (non-hydrogen) atoms. The van der Waals surface area contributed by atoms with Crippen LogP contribution in [0.3, 0.4) is 0 Å². The lowest BCUT2D eigenvalue weighted by molar-refractivity contribution is -0.117. The molecule has 2 nitrogen and oxygen atoms in total. The van der Waals surface area contributed by atoms with E-state index < -0.39 is 0 Å². The number of hydrogen-bond donors (Lipinski definition) is 0. The van der Waals surface area contributed by atoms with Crippen LogP contribution >= 0.6 is 0 Å². The Morgan fingerprint density at radius 2 is 1.94 bits per heavy atom. The van der Waals surface area contributed by atoms with Gasteiger partial charge in [0.15, 0.2) is 5.78 Å². The molecule has 0 bridgehead atoms. The van der Waals surface area contributed by atoms with Crippen molar-refractivity contribution in [3.63, 3.8) is 0 Å². The van der Waals surface area contributed by atoms with Crippen molar-refractivity contribution < 1.29 is 9.59 Å². The zero-order valence-electron chi connectivity index (χ0n) is 9.58. The van der Waals surface area contributed by atoms with Crippen molar-refractivity contribution in [2.45, 2.75) is 39.0 Å². The van der Waals surface area contributed by atoms with Gasteiger partial charge in [0.1, 0.15) is 5.78 Å². The first-order chi connectivity index (χ1) is 7.70. The van der Waals surface area contributed by atoms with E-state index in [0.717, 1.165) is 12.8 Å². The zero-order valence-corrected chi connectivity index (χ0v) is 9.58. The van der Waals surface area contributed by atoms with Crippen LogP contribution in [0.15, 0.2) is 18.2 Å². The summed E-state index contributed by atoms with van der Waals surface area (Å²) in [6, 6.07) is 5.86. The average Bonchev–Trinajstić information content (AvgIpc) is 2.75. The molecule has 0 heterocycles. The minimum atomic E-state index is -0.0402. The fourth-order valence-corrected chi connectivity index (χ4v) is 2.15. The van der Waals surface area contributed by atoms with E-state index in [1.807, 2.05) is 18.2 Å². The van der Waals surface area contributed by atoms with Crippen molar-refractivity contribution in [3.05, 3.63) is 34.9 Å². The van der Waals surface area contributed by atoms with E-state index in [0.29, 0.717) is 12.0 Å². The normalized spacial score (nSPS) is 13.6. The van der Waals surface area contributed by atoms with Gasteiger partial charge in [0.2, 0.25) is 0 Å². The van der Waals surface area contributed by atoms with Crippen molar-refractivity contribution in [2.75, 3.05) is 0 Å². The summed E-state index contributed by atoms with van der Waals surface area (Å²) in [7, 11) is 0. The highest BCUT2D eigenvalue weighted by atomic mass is 16.1. The highest BCUT2D eigenvalue weighted by molar-refractivity contribution is 6.08. The lowest BCUT2D eigenvalue weighted by Crippen LogP contribution is -2.07. The van der Waals surface area contributed by atoms with Crippen LogP contribution < -0.4 is 0 Å². The summed E-state index contributed by atoms with van der Waals surface area (Å²) in [5.74, 6) is -0.0213. The molecule has 84 valence electrons. The molecule has 1 aliphatic carbocycles. The Morgan fingerprint density at radius 1 is 1.19 bits per heavy atom. The van der Waals surface area contributed by atoms with Gasteiger partial charge in [0.25, 0.3) is 0 Å². The minimum absolute atomic E-state index is 0.0190. The standard InChI is InChI=1S/C14H16O2/c1-2-13(15)9-14(16)12-7-6-10-4-3-5-11(10)8-12/h6-8H,2-5,9H2,1H3. The number of Topliss-reactive ketones (excluding diaryl/α,β-unsaturated/α-hetero) is 2. The number of rotatable bonds is 4. The van der Waals surface area contributed by atoms with Gasteiger partial charge >= 0.3 is 0 Å². The van der Waals surface area contributed by atoms with Gasteiger partial charge < -0.3 is 0 Å². The third-order valence-electron chi connectivity index (χ3n) is 3.17. The summed E-state index contributed by atoms with van der Waals surface area (Å²) in [5.41, 5.74) is 3.34. The van der Waals surface area contributed by atoms with Crippen LogP contribution in [0.25, 0.3) is 0 Å². The quantitative estimate of drug-likeness (QED) is 0.573. The second-order valence-electron chi connectivity index (χ2n) is 4.33. The Bertz CT molecular complexity index is 432. The highest BCUT2D eigenvalue weighted by Crippen LogP contribution is 2.23. The molecule has 0 aliphatic heterocycles. The number of aryl methyl sites for hydroxylation is 2. The molecule has 0 fully saturated rings. The van der Waals surface area contributed by atoms with E-state index >= 15 is 0 Å². The van der Waals surface area contributed by atoms with Gasteiger partial charge in [0.05, 0.1) is 6.42 Å². The average molecular weight is 216 g/mol. The second-order valence-corrected chi connectivity index (χ2v) is 4.33. The first kappa shape index (κ1) is 11.1. The molecule has 1 aromatic rings. The smallest absolute Gasteiger partial charge is 0.170 e. The maximum Gasteiger partial charge on any atom is 0.170 e. The van der Waals surface area contributed by atoms with Crippen molar-refractivity contribution in [1.29, 1.82) is 0 Å². The molecule has 1 aliphatic rings. The molecule has 0 amide bonds. The number of benzene rings is 1. The molecule has 1 aromatic carbocycles. The molecule has 0 saturated carbocycles. The van der Waals surface area contributed by atoms with Gasteiger partial charge in [-0.1, -0.05) is 19.1 Å². The fraction of sp³-hybridized carbons (Fsp3) is 0.429. The van der Waals surface area contributed by atoms with Crippen LogP contribution in [0.4, 0.5) is 0 Å². The number of carbonyl (C=O) groups is 2. The number of ketones is 2. The van der Waals surface area contributed by atoms with E-state index in [1.165, 1.54) is 17.5 Å². The summed E-state index contributed by atoms with van der Waals surface area (Å²) in [6.45, 7) is 1.79. The Labute approximate surface area is 95.7 Å². The molecule has 0 N–H and O–H groups in total. The monoisotopic (exact) mass is 216 g/mol. The van der Waals surface area contributed by atoms with Crippen LogP contribution in [0.2, 0.25) is 0 Å². The Hall–Kier alpha value is -1.44. The van der Waals surface area contributed by atoms with Crippen LogP contribution in [-0.4, -0.2) is 11.6 Å². The predicted molar refractivity (Wildman–Crippen MR) is 62.7 cm³/mol. The zero-order chi connectivity index (χ0) is 11.5. The largest absolute Gasteiger partial charge is 0.299 e. The van der Waals surface area contributed by atoms with Gasteiger partial charge in [0, 0.05) is 12.0 Å². The van der Waals surface area contributed by atoms with Crippen LogP contribution in [0.1, 0.15) is 47.7 Å². The second kappa shape index (κ2) is 4.60. The summed E-state index contributed by atoms with van der Waals surface area (Å²) in [6.07, 6.45) is 3.86. The van der Waals surface area contributed by atoms with Crippen molar-refractivity contribution in [3.8, 4) is 0 Å². The lowest BCUT2D eigenvalue weighted by atomic mass is 10.0. The minimum Gasteiger partial charge on any atom is -0.299 e. The van der Waals surface area contributed by atoms with E-state index in [4.69, 9.17) is 0 Å². The van der Waals surface area contributed by atoms with Gasteiger partial charge in [-0.25, -0.2) is 0 Å². The molecular formula is C14H16O2. The molecule has 0 spiro atoms. The fourth-order valence-electron chi connectivity index (χ4n) is 2.15. The molecule has 2 rings (SSSR count). The molecule has 0 unspecified atom stereocenters. The summed E-state index contributed by atoms with van der Waals surface area (Å²) in [5, 5.41) is 0. The van der Waals surface area contributed by atoms with E-state index in [9.17, 15) is 9.59 Å². The van der Waals surface area contributed by atoms with Crippen molar-refractivity contribution in [1.82, 2.24) is 0 Å². The number of carbonyl (C=O) groups excluding carboxylic acids is 2. The van der Waals surface area contributed by atoms with Crippen LogP contribution in [0.5, 0.6) is 0 Å². The van der Waals surface area contributed by atoms with Gasteiger partial charge in [-0.05, 0) is 36.5 Å². The third-order valence-corrected chi connectivity index (χ3v) is 3.17. The maximum absolute atomic E-state index is 11.8. The summed E-state index contributed by atoms with van der Waals surface area (Å²) >= 11 is 0. The van der Waals surface area contributed by atoms with Crippen molar-refractivity contribution in [2.24, 2.45) is 0 Å². The lowest BCUT2D eigenvalue weighted by Gasteiger charge is -2.03. The number of fused-ring (bicyclic) bond motifs is 1. The first-order valence-corrected chi connectivity index (χ1v) is 5.87. The molecule has 0 saturated heterocycles. The number of hydrogen-bond acceptors (Lipinski definition) is 2. The Kier molecular flexibility index (Phi) is 3.18. The van der Waals surface area contributed by atoms with E-state index in [2.05, 4.69) is 0 Å². The van der Waals surface area contributed by atoms with E-state index in [-0.39, 0.29) is 18.0 Å². The van der Waals surface area contributed by atoms with E-state index in [1.54, 1.807) is 6.92 Å². The molecule has 0 aromatic heterocycles. The van der Waals surface area contributed by atoms with Crippen LogP contribution in [0, 0.1) is 0 Å². The third kappa shape index (κ3) is 2.21. The van der Waals surface area contributed by atoms with Gasteiger partial charge in [-0.15, -0.1) is 0 Å². The molecule has 0 radical (unpaired) electrons. The topological polar surface area (TPSA) is 34.1 Å². The van der Waals surface area contributed by atoms with Crippen molar-refractivity contribution >= 4 is 11.6 Å². The Balaban J connectivity index is 2.15. The molecule has 0 atom stereocenters. The SMILES string of the molecule is CCC(=O)CC(=O)c1ccc2c(c1)CCC2. The van der Waals surface area contributed by atoms with Gasteiger partial charge in [-0.3, -0.25) is 9.59 Å². The summed E-state index contributed by atoms with van der Waals surface area (Å²) < 4.78 is 0. The molecule has 2 heteroatoms. The van der Waals surface area contributed by atoms with Crippen LogP contribution in [-0.2, 0) is 17.6 Å². The summed E-state index contributed by atoms with van der Waals surface area (Å²) in [4.78, 5) is 23.0.